The lowest BCUT2D eigenvalue weighted by atomic mass is 9.95. The topological polar surface area (TPSA) is 21.3 Å². The molecule has 0 radical (unpaired) electrons. The maximum absolute atomic E-state index is 5.04. The lowest BCUT2D eigenvalue weighted by molar-refractivity contribution is 0.114. The molecule has 0 amide bonds. The van der Waals surface area contributed by atoms with Crippen molar-refractivity contribution < 1.29 is 4.84 Å². The van der Waals surface area contributed by atoms with E-state index in [1.807, 2.05) is 0 Å². The molecule has 2 nitrogen and oxygen atoms in total. The van der Waals surface area contributed by atoms with E-state index in [0.29, 0.717) is 5.92 Å². The van der Waals surface area contributed by atoms with Gasteiger partial charge in [-0.25, -0.2) is 0 Å². The first kappa shape index (κ1) is 12.2. The van der Waals surface area contributed by atoms with Crippen LogP contribution in [-0.4, -0.2) is 7.11 Å². The van der Waals surface area contributed by atoms with Crippen molar-refractivity contribution in [3.05, 3.63) is 47.2 Å². The van der Waals surface area contributed by atoms with Crippen LogP contribution in [0.3, 0.4) is 0 Å². The fourth-order valence-corrected chi connectivity index (χ4v) is 2.10. The van der Waals surface area contributed by atoms with E-state index in [9.17, 15) is 0 Å². The molecule has 1 aromatic rings. The van der Waals surface area contributed by atoms with E-state index >= 15 is 0 Å². The van der Waals surface area contributed by atoms with Crippen molar-refractivity contribution in [1.29, 1.82) is 0 Å². The molecule has 0 aromatic heterocycles. The average molecular weight is 231 g/mol. The Bertz CT molecular complexity index is 377. The van der Waals surface area contributed by atoms with Gasteiger partial charge in [0.2, 0.25) is 0 Å². The van der Waals surface area contributed by atoms with Gasteiger partial charge in [0.1, 0.15) is 0 Å². The second-order valence-electron chi connectivity index (χ2n) is 4.74. The standard InChI is InChI=1S/C15H21NO/c1-12(13-6-4-3-5-7-13)8-11-15(16-17-2)14-9-10-14/h3-7,12,16H,8-11H2,1-2H3. The van der Waals surface area contributed by atoms with E-state index in [4.69, 9.17) is 4.84 Å². The Hall–Kier alpha value is -1.28. The maximum Gasteiger partial charge on any atom is 0.0636 e. The highest BCUT2D eigenvalue weighted by molar-refractivity contribution is 5.24. The zero-order valence-corrected chi connectivity index (χ0v) is 10.7. The summed E-state index contributed by atoms with van der Waals surface area (Å²) in [5, 5.41) is 0. The number of rotatable bonds is 6. The molecular formula is C15H21NO. The summed E-state index contributed by atoms with van der Waals surface area (Å²) in [5.74, 6) is 0.601. The van der Waals surface area contributed by atoms with Crippen LogP contribution in [0, 0.1) is 0 Å². The van der Waals surface area contributed by atoms with Gasteiger partial charge in [-0.05, 0) is 42.7 Å². The second kappa shape index (κ2) is 5.87. The van der Waals surface area contributed by atoms with E-state index < -0.39 is 0 Å². The fraction of sp³-hybridized carbons (Fsp3) is 0.467. The number of nitrogens with one attached hydrogen (secondary N) is 1. The Balaban J connectivity index is 1.87. The number of hydrogen-bond donors (Lipinski definition) is 1. The third kappa shape index (κ3) is 3.60. The molecule has 0 spiro atoms. The van der Waals surface area contributed by atoms with Crippen LogP contribution in [0.15, 0.2) is 41.6 Å². The minimum atomic E-state index is 0.601. The van der Waals surface area contributed by atoms with Crippen LogP contribution >= 0.6 is 0 Å². The molecule has 0 saturated heterocycles. The van der Waals surface area contributed by atoms with Gasteiger partial charge in [-0.3, -0.25) is 10.3 Å². The Labute approximate surface area is 104 Å². The molecule has 1 N–H and O–H groups in total. The smallest absolute Gasteiger partial charge is 0.0636 e. The number of hydrogen-bond acceptors (Lipinski definition) is 2. The highest BCUT2D eigenvalue weighted by atomic mass is 16.6. The van der Waals surface area contributed by atoms with E-state index in [-0.39, 0.29) is 0 Å². The normalized spacial score (nSPS) is 15.5. The first-order chi connectivity index (χ1) is 8.31. The lowest BCUT2D eigenvalue weighted by Crippen LogP contribution is -2.12. The van der Waals surface area contributed by atoms with Crippen molar-refractivity contribution in [1.82, 2.24) is 5.48 Å². The van der Waals surface area contributed by atoms with Crippen LogP contribution in [0.2, 0.25) is 0 Å². The van der Waals surface area contributed by atoms with Crippen LogP contribution in [0.4, 0.5) is 0 Å². The first-order valence-corrected chi connectivity index (χ1v) is 6.36. The summed E-state index contributed by atoms with van der Waals surface area (Å²) in [6.07, 6.45) is 4.73. The van der Waals surface area contributed by atoms with Crippen molar-refractivity contribution in [2.75, 3.05) is 7.11 Å². The van der Waals surface area contributed by atoms with Gasteiger partial charge in [0.05, 0.1) is 7.11 Å². The molecule has 1 atom stereocenters. The third-order valence-corrected chi connectivity index (χ3v) is 3.35. The molecule has 1 aromatic carbocycles. The van der Waals surface area contributed by atoms with E-state index in [1.165, 1.54) is 36.1 Å². The minimum Gasteiger partial charge on any atom is -0.280 e. The summed E-state index contributed by atoms with van der Waals surface area (Å²) in [5.41, 5.74) is 7.29. The number of benzene rings is 1. The Morgan fingerprint density at radius 1 is 1.29 bits per heavy atom. The van der Waals surface area contributed by atoms with Crippen molar-refractivity contribution in [2.24, 2.45) is 0 Å². The highest BCUT2D eigenvalue weighted by Gasteiger charge is 2.18. The van der Waals surface area contributed by atoms with Crippen LogP contribution in [0.5, 0.6) is 0 Å². The van der Waals surface area contributed by atoms with Crippen molar-refractivity contribution in [2.45, 2.75) is 38.5 Å². The molecule has 2 rings (SSSR count). The van der Waals surface area contributed by atoms with Crippen LogP contribution < -0.4 is 5.48 Å². The second-order valence-corrected chi connectivity index (χ2v) is 4.74. The molecule has 0 aliphatic heterocycles. The fourth-order valence-electron chi connectivity index (χ4n) is 2.10. The van der Waals surface area contributed by atoms with E-state index in [1.54, 1.807) is 7.11 Å². The molecule has 2 heteroatoms. The van der Waals surface area contributed by atoms with Gasteiger partial charge in [-0.1, -0.05) is 37.3 Å². The molecule has 1 aliphatic rings. The Kier molecular flexibility index (Phi) is 4.21. The van der Waals surface area contributed by atoms with Gasteiger partial charge >= 0.3 is 0 Å². The molecule has 1 unspecified atom stereocenters. The molecule has 0 heterocycles. The average Bonchev–Trinajstić information content (AvgIpc) is 3.19. The van der Waals surface area contributed by atoms with Gasteiger partial charge in [0.15, 0.2) is 0 Å². The summed E-state index contributed by atoms with van der Waals surface area (Å²) >= 11 is 0. The van der Waals surface area contributed by atoms with Gasteiger partial charge in [-0.15, -0.1) is 0 Å². The van der Waals surface area contributed by atoms with E-state index in [2.05, 4.69) is 42.7 Å². The largest absolute Gasteiger partial charge is 0.280 e. The molecule has 1 fully saturated rings. The predicted molar refractivity (Wildman–Crippen MR) is 70.5 cm³/mol. The van der Waals surface area contributed by atoms with Gasteiger partial charge in [0, 0.05) is 5.70 Å². The monoisotopic (exact) mass is 231 g/mol. The minimum absolute atomic E-state index is 0.601. The first-order valence-electron chi connectivity index (χ1n) is 6.36. The maximum atomic E-state index is 5.04. The lowest BCUT2D eigenvalue weighted by Gasteiger charge is -2.14. The van der Waals surface area contributed by atoms with Crippen LogP contribution in [0.1, 0.15) is 44.1 Å². The SMILES string of the molecule is CONC(CCC(C)c1ccccc1)=C1CC1. The van der Waals surface area contributed by atoms with Crippen molar-refractivity contribution >= 4 is 0 Å². The van der Waals surface area contributed by atoms with Crippen LogP contribution in [-0.2, 0) is 4.84 Å². The summed E-state index contributed by atoms with van der Waals surface area (Å²) in [7, 11) is 1.68. The zero-order valence-electron chi connectivity index (χ0n) is 10.7. The summed E-state index contributed by atoms with van der Waals surface area (Å²) in [4.78, 5) is 5.04. The van der Waals surface area contributed by atoms with Crippen molar-refractivity contribution in [3.8, 4) is 0 Å². The molecule has 17 heavy (non-hydrogen) atoms. The molecule has 92 valence electrons. The molecule has 0 bridgehead atoms. The third-order valence-electron chi connectivity index (χ3n) is 3.35. The van der Waals surface area contributed by atoms with Crippen LogP contribution in [0.25, 0.3) is 0 Å². The summed E-state index contributed by atoms with van der Waals surface area (Å²) < 4.78 is 0. The van der Waals surface area contributed by atoms with Crippen molar-refractivity contribution in [3.63, 3.8) is 0 Å². The molecule has 1 saturated carbocycles. The summed E-state index contributed by atoms with van der Waals surface area (Å²) in [6.45, 7) is 2.29. The van der Waals surface area contributed by atoms with Gasteiger partial charge in [0.25, 0.3) is 0 Å². The molecule has 1 aliphatic carbocycles. The summed E-state index contributed by atoms with van der Waals surface area (Å²) in [6, 6.07) is 10.7. The van der Waals surface area contributed by atoms with E-state index in [0.717, 1.165) is 6.42 Å². The van der Waals surface area contributed by atoms with Gasteiger partial charge in [-0.2, -0.15) is 0 Å². The molecular weight excluding hydrogens is 210 g/mol. The number of hydroxylamine groups is 1. The number of allylic oxidation sites excluding steroid dienone is 2. The Morgan fingerprint density at radius 3 is 2.59 bits per heavy atom. The quantitative estimate of drug-likeness (QED) is 0.752. The zero-order chi connectivity index (χ0) is 12.1. The predicted octanol–water partition coefficient (Wildman–Crippen LogP) is 3.77. The van der Waals surface area contributed by atoms with Gasteiger partial charge < -0.3 is 0 Å². The highest BCUT2D eigenvalue weighted by Crippen LogP contribution is 2.33. The Morgan fingerprint density at radius 2 is 2.00 bits per heavy atom.